The van der Waals surface area contributed by atoms with Crippen molar-refractivity contribution in [3.8, 4) is 5.75 Å². The Hall–Kier alpha value is -3.58. The predicted octanol–water partition coefficient (Wildman–Crippen LogP) is 4.41. The van der Waals surface area contributed by atoms with Gasteiger partial charge in [0.25, 0.3) is 11.7 Å². The van der Waals surface area contributed by atoms with Gasteiger partial charge in [-0.3, -0.25) is 9.59 Å². The van der Waals surface area contributed by atoms with E-state index >= 15 is 0 Å². The average molecular weight is 449 g/mol. The van der Waals surface area contributed by atoms with Gasteiger partial charge < -0.3 is 24.5 Å². The number of Topliss-reactive ketones (excluding diaryl/α,β-unsaturated/α-hetero) is 1. The third kappa shape index (κ3) is 4.36. The molecule has 1 aliphatic rings. The summed E-state index contributed by atoms with van der Waals surface area (Å²) in [5, 5.41) is 12.0. The van der Waals surface area contributed by atoms with Crippen LogP contribution < -0.4 is 4.74 Å². The molecular formula is C26H28N2O5. The first-order valence-electron chi connectivity index (χ1n) is 11.1. The van der Waals surface area contributed by atoms with Crippen LogP contribution in [0.25, 0.3) is 16.7 Å². The molecule has 1 saturated heterocycles. The molecule has 1 unspecified atom stereocenters. The summed E-state index contributed by atoms with van der Waals surface area (Å²) >= 11 is 0. The van der Waals surface area contributed by atoms with Crippen molar-refractivity contribution in [1.82, 2.24) is 9.88 Å². The number of nitrogens with zero attached hydrogens (tertiary/aromatic N) is 1. The third-order valence-corrected chi connectivity index (χ3v) is 5.88. The smallest absolute Gasteiger partial charge is 0.295 e. The lowest BCUT2D eigenvalue weighted by Gasteiger charge is -2.25. The Labute approximate surface area is 192 Å². The van der Waals surface area contributed by atoms with Crippen LogP contribution >= 0.6 is 0 Å². The summed E-state index contributed by atoms with van der Waals surface area (Å²) in [5.74, 6) is -0.833. The number of aliphatic hydroxyl groups is 1. The summed E-state index contributed by atoms with van der Waals surface area (Å²) < 4.78 is 10.9. The summed E-state index contributed by atoms with van der Waals surface area (Å²) in [4.78, 5) is 30.6. The lowest BCUT2D eigenvalue weighted by atomic mass is 9.95. The molecule has 0 radical (unpaired) electrons. The quantitative estimate of drug-likeness (QED) is 0.219. The van der Waals surface area contributed by atoms with E-state index < -0.39 is 17.7 Å². The number of H-pyrrole nitrogens is 1. The van der Waals surface area contributed by atoms with Crippen LogP contribution in [0.3, 0.4) is 0 Å². The number of unbranched alkanes of at least 4 members (excludes halogenated alkanes) is 1. The Morgan fingerprint density at radius 1 is 1.09 bits per heavy atom. The van der Waals surface area contributed by atoms with Gasteiger partial charge in [-0.25, -0.2) is 0 Å². The van der Waals surface area contributed by atoms with Crippen molar-refractivity contribution in [2.24, 2.45) is 0 Å². The van der Waals surface area contributed by atoms with E-state index in [9.17, 15) is 14.7 Å². The molecule has 172 valence electrons. The van der Waals surface area contributed by atoms with Gasteiger partial charge in [-0.1, -0.05) is 43.7 Å². The number of benzene rings is 2. The number of ketones is 1. The minimum atomic E-state index is -0.724. The van der Waals surface area contributed by atoms with Crippen LogP contribution in [0.15, 0.2) is 60.3 Å². The van der Waals surface area contributed by atoms with E-state index in [1.165, 1.54) is 4.90 Å². The Morgan fingerprint density at radius 3 is 2.58 bits per heavy atom. The number of aromatic nitrogens is 1. The third-order valence-electron chi connectivity index (χ3n) is 5.88. The predicted molar refractivity (Wildman–Crippen MR) is 126 cm³/mol. The highest BCUT2D eigenvalue weighted by molar-refractivity contribution is 6.46. The Balaban J connectivity index is 1.78. The fraction of sp³-hybridized carbons (Fsp3) is 0.308. The molecule has 1 fully saturated rings. The SMILES string of the molecule is CCCCOc1ccc(C2/C(=C(/O)c3c[nH]c4ccccc34)C(=O)C(=O)N2CCOC)cc1. The van der Waals surface area contributed by atoms with E-state index in [-0.39, 0.29) is 24.5 Å². The van der Waals surface area contributed by atoms with Crippen LogP contribution in [0.4, 0.5) is 0 Å². The molecule has 1 amide bonds. The fourth-order valence-corrected chi connectivity index (χ4v) is 4.14. The second-order valence-corrected chi connectivity index (χ2v) is 8.00. The first kappa shape index (κ1) is 22.6. The van der Waals surface area contributed by atoms with Crippen LogP contribution in [0.1, 0.15) is 36.9 Å². The second kappa shape index (κ2) is 9.92. The van der Waals surface area contributed by atoms with Gasteiger partial charge in [-0.15, -0.1) is 0 Å². The minimum Gasteiger partial charge on any atom is -0.507 e. The number of para-hydroxylation sites is 1. The summed E-state index contributed by atoms with van der Waals surface area (Å²) in [7, 11) is 1.54. The van der Waals surface area contributed by atoms with Crippen LogP contribution in [-0.2, 0) is 14.3 Å². The lowest BCUT2D eigenvalue weighted by Crippen LogP contribution is -2.32. The van der Waals surface area contributed by atoms with Crippen molar-refractivity contribution < 1.29 is 24.2 Å². The molecule has 2 heterocycles. The van der Waals surface area contributed by atoms with Crippen molar-refractivity contribution in [3.05, 3.63) is 71.4 Å². The van der Waals surface area contributed by atoms with Crippen LogP contribution in [0.2, 0.25) is 0 Å². The monoisotopic (exact) mass is 448 g/mol. The minimum absolute atomic E-state index is 0.0699. The number of nitrogens with one attached hydrogen (secondary N) is 1. The van der Waals surface area contributed by atoms with Gasteiger partial charge in [0.05, 0.1) is 24.8 Å². The molecule has 4 rings (SSSR count). The molecule has 3 aromatic rings. The van der Waals surface area contributed by atoms with Gasteiger partial charge in [0.1, 0.15) is 11.5 Å². The van der Waals surface area contributed by atoms with Gasteiger partial charge in [-0.2, -0.15) is 0 Å². The number of fused-ring (bicyclic) bond motifs is 1. The van der Waals surface area contributed by atoms with Crippen molar-refractivity contribution >= 4 is 28.4 Å². The fourth-order valence-electron chi connectivity index (χ4n) is 4.14. The first-order valence-corrected chi connectivity index (χ1v) is 11.1. The van der Waals surface area contributed by atoms with E-state index in [2.05, 4.69) is 11.9 Å². The van der Waals surface area contributed by atoms with Crippen LogP contribution in [0.5, 0.6) is 5.75 Å². The number of hydrogen-bond acceptors (Lipinski definition) is 5. The molecule has 0 saturated carbocycles. The Morgan fingerprint density at radius 2 is 1.85 bits per heavy atom. The Kier molecular flexibility index (Phi) is 6.79. The van der Waals surface area contributed by atoms with E-state index in [0.29, 0.717) is 12.2 Å². The molecule has 1 atom stereocenters. The molecule has 0 bridgehead atoms. The highest BCUT2D eigenvalue weighted by Gasteiger charge is 2.46. The van der Waals surface area contributed by atoms with Gasteiger partial charge in [-0.05, 0) is 30.2 Å². The summed E-state index contributed by atoms with van der Waals surface area (Å²) in [6.07, 6.45) is 3.66. The zero-order valence-corrected chi connectivity index (χ0v) is 18.8. The van der Waals surface area contributed by atoms with E-state index in [4.69, 9.17) is 9.47 Å². The van der Waals surface area contributed by atoms with Gasteiger partial charge >= 0.3 is 0 Å². The number of aliphatic hydroxyl groups excluding tert-OH is 1. The number of ether oxygens (including phenoxy) is 2. The summed E-state index contributed by atoms with van der Waals surface area (Å²) in [6, 6.07) is 14.1. The maximum Gasteiger partial charge on any atom is 0.295 e. The molecule has 2 N–H and O–H groups in total. The molecule has 0 spiro atoms. The lowest BCUT2D eigenvalue weighted by molar-refractivity contribution is -0.140. The molecule has 33 heavy (non-hydrogen) atoms. The summed E-state index contributed by atoms with van der Waals surface area (Å²) in [6.45, 7) is 3.23. The standard InChI is InChI=1S/C26H28N2O5/c1-3-4-14-33-18-11-9-17(10-12-18)23-22(25(30)26(31)28(23)13-15-32-2)24(29)20-16-27-21-8-6-5-7-19(20)21/h5-12,16,23,27,29H,3-4,13-15H2,1-2H3/b24-22-. The van der Waals surface area contributed by atoms with Gasteiger partial charge in [0.2, 0.25) is 0 Å². The normalized spacial score (nSPS) is 17.8. The molecule has 7 heteroatoms. The maximum atomic E-state index is 13.1. The number of rotatable bonds is 9. The number of amides is 1. The first-order chi connectivity index (χ1) is 16.1. The number of carbonyl (C=O) groups excluding carboxylic acids is 2. The van der Waals surface area contributed by atoms with E-state index in [1.54, 1.807) is 13.3 Å². The Bertz CT molecular complexity index is 1180. The van der Waals surface area contributed by atoms with Crippen LogP contribution in [0, 0.1) is 0 Å². The molecule has 0 aliphatic carbocycles. The molecule has 1 aromatic heterocycles. The number of carbonyl (C=O) groups is 2. The topological polar surface area (TPSA) is 91.9 Å². The van der Waals surface area contributed by atoms with Crippen molar-refractivity contribution in [3.63, 3.8) is 0 Å². The second-order valence-electron chi connectivity index (χ2n) is 8.00. The molecular weight excluding hydrogens is 420 g/mol. The zero-order valence-electron chi connectivity index (χ0n) is 18.8. The van der Waals surface area contributed by atoms with Gasteiger partial charge in [0, 0.05) is 36.3 Å². The number of likely N-dealkylation sites (tertiary alicyclic amines) is 1. The zero-order chi connectivity index (χ0) is 23.4. The molecule has 1 aliphatic heterocycles. The highest BCUT2D eigenvalue weighted by Crippen LogP contribution is 2.40. The summed E-state index contributed by atoms with van der Waals surface area (Å²) in [5.41, 5.74) is 2.10. The van der Waals surface area contributed by atoms with E-state index in [0.717, 1.165) is 35.1 Å². The number of hydrogen-bond donors (Lipinski definition) is 2. The average Bonchev–Trinajstić information content (AvgIpc) is 3.37. The molecule has 7 nitrogen and oxygen atoms in total. The van der Waals surface area contributed by atoms with E-state index in [1.807, 2.05) is 48.5 Å². The van der Waals surface area contributed by atoms with Crippen molar-refractivity contribution in [1.29, 1.82) is 0 Å². The van der Waals surface area contributed by atoms with Crippen LogP contribution in [-0.4, -0.2) is 53.5 Å². The number of aromatic amines is 1. The highest BCUT2D eigenvalue weighted by atomic mass is 16.5. The van der Waals surface area contributed by atoms with Crippen molar-refractivity contribution in [2.45, 2.75) is 25.8 Å². The number of methoxy groups -OCH3 is 1. The van der Waals surface area contributed by atoms with Gasteiger partial charge in [0.15, 0.2) is 0 Å². The van der Waals surface area contributed by atoms with Crippen molar-refractivity contribution in [2.75, 3.05) is 26.9 Å². The largest absolute Gasteiger partial charge is 0.507 e. The maximum absolute atomic E-state index is 13.1. The molecule has 2 aromatic carbocycles.